The summed E-state index contributed by atoms with van der Waals surface area (Å²) in [5, 5.41) is 69.0. The van der Waals surface area contributed by atoms with Crippen LogP contribution in [0.5, 0.6) is 34.5 Å². The maximum atomic E-state index is 15.5. The number of phenolic OH excluding ortho intramolecular Hbond substituents is 2. The molecular formula is C58H71ClFN15O8. The number of aromatic nitrogens is 6. The largest absolute Gasteiger partial charge is 0.504 e. The Morgan fingerprint density at radius 3 is 1.65 bits per heavy atom. The number of hydrogen-bond acceptors (Lipinski definition) is 23. The predicted molar refractivity (Wildman–Crippen MR) is 321 cm³/mol. The lowest BCUT2D eigenvalue weighted by atomic mass is 9.93. The SMILES string of the molecule is CNc1cc(C)nc(Nc2cc(O)c(O)c(C3=CCNCC(O)C3)c2Cl)n1.CNc1cc(C)nc(Nc2cc3c(c(C4=CCNCC(O)C4)c2C)OCCO3)n1.CNc1cc(C)nc(Nc2cc3c(c(C4=CCNCCC4)c2F)OCO3)n1. The number of hydrogen-bond donors (Lipinski definition) is 13. The van der Waals surface area contributed by atoms with E-state index in [1.54, 1.807) is 26.2 Å². The van der Waals surface area contributed by atoms with Gasteiger partial charge in [-0.3, -0.25) is 0 Å². The van der Waals surface area contributed by atoms with Crippen LogP contribution in [0.3, 0.4) is 0 Å². The Bertz CT molecular complexity index is 3440. The summed E-state index contributed by atoms with van der Waals surface area (Å²) in [5.41, 5.74) is 9.17. The van der Waals surface area contributed by atoms with Gasteiger partial charge >= 0.3 is 0 Å². The maximum absolute atomic E-state index is 15.5. The zero-order valence-corrected chi connectivity index (χ0v) is 48.2. The molecule has 440 valence electrons. The summed E-state index contributed by atoms with van der Waals surface area (Å²) in [7, 11) is 5.36. The molecule has 0 fully saturated rings. The highest BCUT2D eigenvalue weighted by Gasteiger charge is 2.30. The monoisotopic (exact) mass is 1160 g/mol. The average Bonchev–Trinajstić information content (AvgIpc) is 3.92. The number of fused-ring (bicyclic) bond motifs is 2. The van der Waals surface area contributed by atoms with E-state index < -0.39 is 12.2 Å². The number of allylic oxidation sites excluding steroid dienone is 1. The summed E-state index contributed by atoms with van der Waals surface area (Å²) < 4.78 is 38.5. The van der Waals surface area contributed by atoms with Crippen molar-refractivity contribution in [2.75, 3.05) is 112 Å². The highest BCUT2D eigenvalue weighted by atomic mass is 35.5. The number of aliphatic hydroxyl groups is 2. The van der Waals surface area contributed by atoms with Crippen molar-refractivity contribution in [3.05, 3.63) is 105 Å². The number of rotatable bonds is 12. The number of aliphatic hydroxyl groups excluding tert-OH is 2. The van der Waals surface area contributed by atoms with Gasteiger partial charge in [-0.25, -0.2) is 19.3 Å². The first-order chi connectivity index (χ1) is 40.1. The molecule has 2 atom stereocenters. The second-order valence-corrected chi connectivity index (χ2v) is 20.5. The number of halogens is 2. The highest BCUT2D eigenvalue weighted by Crippen LogP contribution is 2.48. The number of β-amino-alcohol motifs (C(OH)–C–C–N with tert-alkyl or cyclic N) is 2. The first kappa shape index (κ1) is 59.4. The van der Waals surface area contributed by atoms with Gasteiger partial charge in [0.15, 0.2) is 40.3 Å². The van der Waals surface area contributed by atoms with E-state index in [4.69, 9.17) is 30.5 Å². The fraction of sp³-hybridized carbons (Fsp3) is 0.379. The molecule has 3 aromatic heterocycles. The number of phenols is 2. The Balaban J connectivity index is 0.000000150. The molecule has 0 radical (unpaired) electrons. The maximum Gasteiger partial charge on any atom is 0.231 e. The zero-order valence-electron chi connectivity index (χ0n) is 47.4. The molecular weight excluding hydrogens is 1090 g/mol. The van der Waals surface area contributed by atoms with Gasteiger partial charge in [0, 0.05) is 137 Å². The quantitative estimate of drug-likeness (QED) is 0.0408. The Hall–Kier alpha value is -8.26. The van der Waals surface area contributed by atoms with Crippen LogP contribution >= 0.6 is 11.6 Å². The Morgan fingerprint density at radius 1 is 0.566 bits per heavy atom. The Morgan fingerprint density at radius 2 is 1.06 bits per heavy atom. The Labute approximate surface area is 485 Å². The van der Waals surface area contributed by atoms with Gasteiger partial charge < -0.3 is 87.2 Å². The fourth-order valence-electron chi connectivity index (χ4n) is 9.98. The minimum Gasteiger partial charge on any atom is -0.504 e. The summed E-state index contributed by atoms with van der Waals surface area (Å²) >= 11 is 6.54. The molecule has 0 amide bonds. The summed E-state index contributed by atoms with van der Waals surface area (Å²) in [6.45, 7) is 12.6. The molecule has 8 heterocycles. The number of aromatic hydroxyl groups is 2. The number of aryl methyl sites for hydroxylation is 3. The predicted octanol–water partition coefficient (Wildman–Crippen LogP) is 7.96. The number of anilines is 9. The molecule has 0 bridgehead atoms. The highest BCUT2D eigenvalue weighted by molar-refractivity contribution is 6.35. The van der Waals surface area contributed by atoms with Crippen molar-refractivity contribution in [3.63, 3.8) is 0 Å². The number of nitrogens with zero attached hydrogens (tertiary/aromatic N) is 6. The summed E-state index contributed by atoms with van der Waals surface area (Å²) in [5.74, 6) is 4.53. The van der Waals surface area contributed by atoms with Gasteiger partial charge in [0.05, 0.1) is 34.2 Å². The number of ether oxygens (including phenoxy) is 4. The van der Waals surface area contributed by atoms with Crippen molar-refractivity contribution >= 4 is 80.7 Å². The van der Waals surface area contributed by atoms with E-state index in [1.165, 1.54) is 6.07 Å². The first-order valence-electron chi connectivity index (χ1n) is 27.4. The molecule has 0 saturated carbocycles. The smallest absolute Gasteiger partial charge is 0.231 e. The van der Waals surface area contributed by atoms with Gasteiger partial charge in [-0.2, -0.15) is 15.0 Å². The van der Waals surface area contributed by atoms with Gasteiger partial charge in [0.1, 0.15) is 30.7 Å². The molecule has 0 aliphatic carbocycles. The van der Waals surface area contributed by atoms with Gasteiger partial charge in [0.2, 0.25) is 24.6 Å². The summed E-state index contributed by atoms with van der Waals surface area (Å²) in [4.78, 5) is 26.3. The Kier molecular flexibility index (Phi) is 19.5. The van der Waals surface area contributed by atoms with Crippen molar-refractivity contribution in [2.24, 2.45) is 0 Å². The molecule has 6 aromatic rings. The van der Waals surface area contributed by atoms with Crippen LogP contribution in [-0.4, -0.2) is 143 Å². The van der Waals surface area contributed by atoms with Crippen LogP contribution in [-0.2, 0) is 0 Å². The molecule has 2 unspecified atom stereocenters. The lowest BCUT2D eigenvalue weighted by Crippen LogP contribution is -2.24. The van der Waals surface area contributed by atoms with Crippen molar-refractivity contribution in [1.82, 2.24) is 45.9 Å². The molecule has 3 aromatic carbocycles. The van der Waals surface area contributed by atoms with Gasteiger partial charge in [0.25, 0.3) is 0 Å². The first-order valence-corrected chi connectivity index (χ1v) is 27.7. The van der Waals surface area contributed by atoms with Crippen LogP contribution in [0.25, 0.3) is 16.7 Å². The van der Waals surface area contributed by atoms with Crippen molar-refractivity contribution in [1.29, 1.82) is 0 Å². The lowest BCUT2D eigenvalue weighted by Gasteiger charge is -2.26. The molecule has 13 N–H and O–H groups in total. The van der Waals surface area contributed by atoms with Crippen LogP contribution < -0.4 is 66.8 Å². The molecule has 23 nitrogen and oxygen atoms in total. The van der Waals surface area contributed by atoms with Crippen molar-refractivity contribution in [3.8, 4) is 34.5 Å². The van der Waals surface area contributed by atoms with E-state index in [0.29, 0.717) is 122 Å². The normalized spacial score (nSPS) is 17.3. The average molecular weight is 1160 g/mol. The van der Waals surface area contributed by atoms with E-state index in [-0.39, 0.29) is 40.4 Å². The summed E-state index contributed by atoms with van der Waals surface area (Å²) in [6, 6.07) is 10.3. The van der Waals surface area contributed by atoms with Crippen LogP contribution in [0.1, 0.15) is 65.0 Å². The van der Waals surface area contributed by atoms with E-state index in [1.807, 2.05) is 65.1 Å². The second kappa shape index (κ2) is 27.2. The fourth-order valence-corrected chi connectivity index (χ4v) is 10.3. The zero-order chi connectivity index (χ0) is 58.7. The topological polar surface area (TPSA) is 303 Å². The van der Waals surface area contributed by atoms with E-state index >= 15 is 4.39 Å². The third-order valence-electron chi connectivity index (χ3n) is 13.9. The van der Waals surface area contributed by atoms with E-state index in [0.717, 1.165) is 76.0 Å². The van der Waals surface area contributed by atoms with E-state index in [9.17, 15) is 20.4 Å². The third-order valence-corrected chi connectivity index (χ3v) is 14.3. The van der Waals surface area contributed by atoms with Crippen molar-refractivity contribution < 1.29 is 43.8 Å². The van der Waals surface area contributed by atoms with Crippen LogP contribution in [0.15, 0.2) is 54.6 Å². The molecule has 0 spiro atoms. The second-order valence-electron chi connectivity index (χ2n) is 20.1. The molecule has 5 aliphatic rings. The van der Waals surface area contributed by atoms with Crippen LogP contribution in [0, 0.1) is 33.5 Å². The van der Waals surface area contributed by atoms with Crippen molar-refractivity contribution in [2.45, 2.75) is 65.6 Å². The lowest BCUT2D eigenvalue weighted by molar-refractivity contribution is 0.170. The summed E-state index contributed by atoms with van der Waals surface area (Å²) in [6.07, 6.45) is 7.46. The van der Waals surface area contributed by atoms with Crippen LogP contribution in [0.2, 0.25) is 5.02 Å². The number of nitrogens with one attached hydrogen (secondary N) is 9. The van der Waals surface area contributed by atoms with Gasteiger partial charge in [-0.15, -0.1) is 0 Å². The molecule has 11 rings (SSSR count). The molecule has 25 heteroatoms. The minimum absolute atomic E-state index is 0.0849. The minimum atomic E-state index is -0.619. The molecule has 5 aliphatic heterocycles. The third kappa shape index (κ3) is 14.5. The molecule has 83 heavy (non-hydrogen) atoms. The van der Waals surface area contributed by atoms with E-state index in [2.05, 4.69) is 83.8 Å². The van der Waals surface area contributed by atoms with Gasteiger partial charge in [-0.05, 0) is 69.4 Å². The van der Waals surface area contributed by atoms with Gasteiger partial charge in [-0.1, -0.05) is 29.8 Å². The molecule has 0 saturated heterocycles. The van der Waals surface area contributed by atoms with Crippen LogP contribution in [0.4, 0.5) is 56.8 Å². The standard InChI is InChI=1S/C21H27N5O3.C19H22FN5O2.C18H22ClN5O3/c1-12-8-18(22-3)26-21(24-12)25-16-10-17-20(29-7-6-28-17)19(13(16)2)14-4-5-23-11-15(27)9-14;1-11-8-15(21-2)25-19(23-11)24-13-9-14-18(27-10-26-14)16(17(13)20)12-4-3-6-22-7-5-12;1-9-5-14(20-2)24-18(22-9)23-12-7-13(26)17(27)15(16(12)19)10-3-4-21-8-11(25)6-10/h4,8,10,15,23,27H,5-7,9,11H2,1-3H3,(H2,22,24,25,26);5,8-9,22H,3-4,6-7,10H2,1-2H3,(H2,21,23,24,25);3,5,7,11,21,25-27H,4,6,8H2,1-2H3,(H2,20,22,23,24). The number of benzene rings is 3.